The molecular weight excluding hydrogens is 506 g/mol. The third-order valence-electron chi connectivity index (χ3n) is 6.23. The quantitative estimate of drug-likeness (QED) is 0.215. The van der Waals surface area contributed by atoms with E-state index >= 15 is 0 Å². The first kappa shape index (κ1) is 27.2. The van der Waals surface area contributed by atoms with Gasteiger partial charge in [-0.05, 0) is 36.4 Å². The normalized spacial score (nSPS) is 15.3. The highest BCUT2D eigenvalue weighted by Gasteiger charge is 2.35. The summed E-state index contributed by atoms with van der Waals surface area (Å²) in [6.45, 7) is 2.73. The molecule has 1 atom stereocenters. The number of carbonyl (C=O) groups is 1. The second kappa shape index (κ2) is 11.7. The van der Waals surface area contributed by atoms with Gasteiger partial charge >= 0.3 is 0 Å². The van der Waals surface area contributed by atoms with Crippen LogP contribution in [0.1, 0.15) is 18.1 Å². The van der Waals surface area contributed by atoms with Crippen LogP contribution in [0.2, 0.25) is 0 Å². The fourth-order valence-corrected chi connectivity index (χ4v) is 5.87. The average molecular weight is 536 g/mol. The first-order valence-electron chi connectivity index (χ1n) is 12.1. The molecule has 0 unspecified atom stereocenters. The van der Waals surface area contributed by atoms with Crippen molar-refractivity contribution in [2.45, 2.75) is 24.3 Å². The van der Waals surface area contributed by atoms with E-state index in [2.05, 4.69) is 4.72 Å². The van der Waals surface area contributed by atoms with Crippen LogP contribution >= 0.6 is 0 Å². The van der Waals surface area contributed by atoms with Crippen molar-refractivity contribution in [1.29, 1.82) is 5.41 Å². The molecular formula is C27H29N5O5S. The predicted molar refractivity (Wildman–Crippen MR) is 143 cm³/mol. The average Bonchev–Trinajstić information content (AvgIpc) is 2.92. The highest BCUT2D eigenvalue weighted by atomic mass is 32.2. The summed E-state index contributed by atoms with van der Waals surface area (Å²) in [5.41, 5.74) is 6.73. The molecule has 0 spiro atoms. The third-order valence-corrected chi connectivity index (χ3v) is 7.76. The van der Waals surface area contributed by atoms with Gasteiger partial charge in [0.2, 0.25) is 15.9 Å². The standard InChI is InChI=1S/C27H29N5O5S/c1-2-37-31-13-14-32(22(17-31)18-33)27(34)24(16-19-7-5-10-21(15-19)26(28)29)30-38(35,36)25-12-6-9-20-8-3-4-11-23(20)25/h3-12,15,24,30H,2,13-14,16-17H2,1H3,(H3,28,29)/t24-/m0/s1. The molecule has 0 bridgehead atoms. The Morgan fingerprint density at radius 2 is 1.87 bits per heavy atom. The number of carbonyl (C=O) groups excluding carboxylic acids is 2. The van der Waals surface area contributed by atoms with E-state index < -0.39 is 22.0 Å². The molecule has 1 aliphatic heterocycles. The zero-order chi connectivity index (χ0) is 27.3. The molecule has 0 saturated carbocycles. The molecule has 3 aromatic carbocycles. The molecule has 1 saturated heterocycles. The number of sulfonamides is 1. The molecule has 0 aromatic heterocycles. The third kappa shape index (κ3) is 5.99. The van der Waals surface area contributed by atoms with Crippen molar-refractivity contribution in [1.82, 2.24) is 14.7 Å². The van der Waals surface area contributed by atoms with E-state index in [4.69, 9.17) is 16.0 Å². The number of hydroxylamine groups is 2. The van der Waals surface area contributed by atoms with Crippen molar-refractivity contribution < 1.29 is 22.8 Å². The predicted octanol–water partition coefficient (Wildman–Crippen LogP) is 1.82. The molecule has 4 rings (SSSR count). The molecule has 10 nitrogen and oxygen atoms in total. The molecule has 0 aliphatic carbocycles. The van der Waals surface area contributed by atoms with Gasteiger partial charge in [0.15, 0.2) is 0 Å². The molecule has 38 heavy (non-hydrogen) atoms. The summed E-state index contributed by atoms with van der Waals surface area (Å²) in [4.78, 5) is 32.3. The molecule has 0 radical (unpaired) electrons. The van der Waals surface area contributed by atoms with Gasteiger partial charge in [-0.3, -0.25) is 15.0 Å². The number of amides is 1. The van der Waals surface area contributed by atoms with Crippen LogP contribution in [0.15, 0.2) is 77.3 Å². The smallest absolute Gasteiger partial charge is 0.245 e. The molecule has 198 valence electrons. The topological polar surface area (TPSA) is 146 Å². The van der Waals surface area contributed by atoms with E-state index in [0.29, 0.717) is 29.7 Å². The van der Waals surface area contributed by atoms with Gasteiger partial charge in [0.05, 0.1) is 18.0 Å². The summed E-state index contributed by atoms with van der Waals surface area (Å²) in [6.07, 6.45) is -0.0260. The van der Waals surface area contributed by atoms with Crippen molar-refractivity contribution in [3.8, 4) is 0 Å². The van der Waals surface area contributed by atoms with E-state index in [1.165, 1.54) is 11.0 Å². The Hall–Kier alpha value is -3.86. The zero-order valence-corrected chi connectivity index (χ0v) is 21.7. The van der Waals surface area contributed by atoms with E-state index in [0.717, 1.165) is 5.39 Å². The van der Waals surface area contributed by atoms with E-state index in [9.17, 15) is 18.0 Å². The van der Waals surface area contributed by atoms with Gasteiger partial charge in [0.1, 0.15) is 23.5 Å². The minimum atomic E-state index is -4.17. The SMILES string of the molecule is CCON1CCN(C(=O)[C@H](Cc2cccc(C(=N)N)c2)NS(=O)(=O)c2cccc3ccccc23)C(=C=O)C1. The molecule has 1 heterocycles. The van der Waals surface area contributed by atoms with Gasteiger partial charge in [-0.25, -0.2) is 13.2 Å². The maximum Gasteiger partial charge on any atom is 0.245 e. The van der Waals surface area contributed by atoms with Crippen LogP contribution in [-0.4, -0.2) is 68.3 Å². The van der Waals surface area contributed by atoms with Crippen LogP contribution in [-0.2, 0) is 30.9 Å². The molecule has 11 heteroatoms. The van der Waals surface area contributed by atoms with Crippen molar-refractivity contribution >= 4 is 38.5 Å². The van der Waals surface area contributed by atoms with E-state index in [-0.39, 0.29) is 35.9 Å². The molecule has 4 N–H and O–H groups in total. The Morgan fingerprint density at radius 3 is 2.61 bits per heavy atom. The monoisotopic (exact) mass is 535 g/mol. The lowest BCUT2D eigenvalue weighted by Gasteiger charge is -2.35. The highest BCUT2D eigenvalue weighted by Crippen LogP contribution is 2.24. The first-order valence-corrected chi connectivity index (χ1v) is 13.6. The summed E-state index contributed by atoms with van der Waals surface area (Å²) in [5.74, 6) is 1.08. The van der Waals surface area contributed by atoms with E-state index in [1.807, 2.05) is 31.1 Å². The Labute approximate surface area is 221 Å². The Kier molecular flexibility index (Phi) is 8.35. The summed E-state index contributed by atoms with van der Waals surface area (Å²) in [7, 11) is -4.17. The van der Waals surface area contributed by atoms with Crippen LogP contribution < -0.4 is 10.5 Å². The minimum absolute atomic E-state index is 0.0260. The summed E-state index contributed by atoms with van der Waals surface area (Å²) in [5, 5.41) is 10.6. The lowest BCUT2D eigenvalue weighted by molar-refractivity contribution is -0.167. The number of benzene rings is 3. The van der Waals surface area contributed by atoms with Crippen LogP contribution in [0.3, 0.4) is 0 Å². The Bertz CT molecular complexity index is 1510. The minimum Gasteiger partial charge on any atom is -0.384 e. The zero-order valence-electron chi connectivity index (χ0n) is 20.9. The number of hydrogen-bond donors (Lipinski definition) is 3. The van der Waals surface area contributed by atoms with Gasteiger partial charge in [0.25, 0.3) is 0 Å². The van der Waals surface area contributed by atoms with Crippen LogP contribution in [0.5, 0.6) is 0 Å². The van der Waals surface area contributed by atoms with Gasteiger partial charge in [-0.1, -0.05) is 54.6 Å². The van der Waals surface area contributed by atoms with Gasteiger partial charge < -0.3 is 10.6 Å². The number of rotatable bonds is 9. The molecule has 3 aromatic rings. The van der Waals surface area contributed by atoms with Crippen molar-refractivity contribution in [2.24, 2.45) is 5.73 Å². The lowest BCUT2D eigenvalue weighted by atomic mass is 10.0. The number of nitrogen functional groups attached to an aromatic ring is 1. The number of nitrogens with zero attached hydrogens (tertiary/aromatic N) is 2. The number of hydrogen-bond acceptors (Lipinski definition) is 7. The van der Waals surface area contributed by atoms with Crippen molar-refractivity contribution in [3.05, 3.63) is 83.6 Å². The second-order valence-corrected chi connectivity index (χ2v) is 10.5. The Balaban J connectivity index is 1.70. The number of piperazine rings is 1. The maximum atomic E-state index is 13.8. The van der Waals surface area contributed by atoms with Gasteiger partial charge in [0, 0.05) is 24.0 Å². The number of fused-ring (bicyclic) bond motifs is 1. The van der Waals surface area contributed by atoms with Crippen LogP contribution in [0.25, 0.3) is 10.8 Å². The van der Waals surface area contributed by atoms with Crippen molar-refractivity contribution in [2.75, 3.05) is 26.2 Å². The van der Waals surface area contributed by atoms with Gasteiger partial charge in [-0.2, -0.15) is 9.79 Å². The van der Waals surface area contributed by atoms with Crippen molar-refractivity contribution in [3.63, 3.8) is 0 Å². The highest BCUT2D eigenvalue weighted by molar-refractivity contribution is 7.89. The van der Waals surface area contributed by atoms with Gasteiger partial charge in [-0.15, -0.1) is 0 Å². The molecule has 1 aliphatic rings. The number of nitrogens with one attached hydrogen (secondary N) is 2. The maximum absolute atomic E-state index is 13.8. The largest absolute Gasteiger partial charge is 0.384 e. The lowest BCUT2D eigenvalue weighted by Crippen LogP contribution is -2.54. The molecule has 1 fully saturated rings. The van der Waals surface area contributed by atoms with Crippen LogP contribution in [0.4, 0.5) is 0 Å². The summed E-state index contributed by atoms with van der Waals surface area (Å²) in [6, 6.07) is 17.5. The summed E-state index contributed by atoms with van der Waals surface area (Å²) < 4.78 is 29.9. The Morgan fingerprint density at radius 1 is 1.13 bits per heavy atom. The second-order valence-electron chi connectivity index (χ2n) is 8.79. The number of nitrogens with two attached hydrogens (primary N) is 1. The summed E-state index contributed by atoms with van der Waals surface area (Å²) >= 11 is 0. The first-order chi connectivity index (χ1) is 18.2. The van der Waals surface area contributed by atoms with E-state index in [1.54, 1.807) is 47.5 Å². The van der Waals surface area contributed by atoms with Crippen LogP contribution in [0, 0.1) is 5.41 Å². The number of amidine groups is 1. The fourth-order valence-electron chi connectivity index (χ4n) is 4.45. The fraction of sp³-hybridized carbons (Fsp3) is 0.259. The molecule has 1 amide bonds.